The van der Waals surface area contributed by atoms with Gasteiger partial charge in [0.25, 0.3) is 0 Å². The van der Waals surface area contributed by atoms with Gasteiger partial charge >= 0.3 is 0 Å². The highest BCUT2D eigenvalue weighted by atomic mass is 16.2. The van der Waals surface area contributed by atoms with Gasteiger partial charge in [0, 0.05) is 34.8 Å². The molecule has 0 aliphatic carbocycles. The number of ketones is 3. The van der Waals surface area contributed by atoms with E-state index in [4.69, 9.17) is 0 Å². The lowest BCUT2D eigenvalue weighted by Gasteiger charge is -2.07. The van der Waals surface area contributed by atoms with E-state index in [-0.39, 0.29) is 18.0 Å². The Balaban J connectivity index is 1.62. The molecule has 33 heavy (non-hydrogen) atoms. The highest BCUT2D eigenvalue weighted by Crippen LogP contribution is 2.26. The Morgan fingerprint density at radius 1 is 0.727 bits per heavy atom. The van der Waals surface area contributed by atoms with Gasteiger partial charge in [0.1, 0.15) is 0 Å². The average Bonchev–Trinajstić information content (AvgIpc) is 3.26. The SMILES string of the molecule is CCCCCCC(=O)C(=O)c1cn(-c2ccc(C(=O)c3ccccc3)cc2)c2ccccc12. The number of para-hydroxylation sites is 1. The van der Waals surface area contributed by atoms with E-state index in [1.54, 1.807) is 30.5 Å². The van der Waals surface area contributed by atoms with Crippen LogP contribution in [0.4, 0.5) is 0 Å². The second-order valence-corrected chi connectivity index (χ2v) is 8.23. The number of Topliss-reactive ketones (excluding diaryl/α,β-unsaturated/α-hetero) is 2. The zero-order chi connectivity index (χ0) is 23.2. The van der Waals surface area contributed by atoms with E-state index in [0.717, 1.165) is 42.3 Å². The highest BCUT2D eigenvalue weighted by Gasteiger charge is 2.21. The maximum Gasteiger partial charge on any atom is 0.230 e. The van der Waals surface area contributed by atoms with Crippen molar-refractivity contribution in [3.63, 3.8) is 0 Å². The summed E-state index contributed by atoms with van der Waals surface area (Å²) < 4.78 is 1.91. The second-order valence-electron chi connectivity index (χ2n) is 8.23. The Kier molecular flexibility index (Phi) is 6.94. The molecule has 0 aliphatic heterocycles. The fourth-order valence-corrected chi connectivity index (χ4v) is 4.08. The summed E-state index contributed by atoms with van der Waals surface area (Å²) in [6.45, 7) is 2.12. The largest absolute Gasteiger partial charge is 0.316 e. The molecule has 3 aromatic carbocycles. The van der Waals surface area contributed by atoms with Crippen molar-refractivity contribution in [2.45, 2.75) is 39.0 Å². The van der Waals surface area contributed by atoms with E-state index in [2.05, 4.69) is 6.92 Å². The monoisotopic (exact) mass is 437 g/mol. The van der Waals surface area contributed by atoms with Gasteiger partial charge in [-0.15, -0.1) is 0 Å². The first kappa shape index (κ1) is 22.4. The van der Waals surface area contributed by atoms with E-state index in [1.165, 1.54) is 0 Å². The molecule has 0 N–H and O–H groups in total. The quantitative estimate of drug-likeness (QED) is 0.160. The maximum atomic E-state index is 13.0. The van der Waals surface area contributed by atoms with Gasteiger partial charge in [-0.3, -0.25) is 14.4 Å². The van der Waals surface area contributed by atoms with Gasteiger partial charge in [0.15, 0.2) is 5.78 Å². The van der Waals surface area contributed by atoms with Crippen molar-refractivity contribution in [2.75, 3.05) is 0 Å². The lowest BCUT2D eigenvalue weighted by molar-refractivity contribution is -0.115. The number of benzene rings is 3. The fraction of sp³-hybridized carbons (Fsp3) is 0.207. The standard InChI is InChI=1S/C29H27NO3/c1-2-3-4-8-15-27(31)29(33)25-20-30(26-14-10-9-13-24(25)26)23-18-16-22(17-19-23)28(32)21-11-6-5-7-12-21/h5-7,9-14,16-20H,2-4,8,15H2,1H3. The summed E-state index contributed by atoms with van der Waals surface area (Å²) in [5.41, 5.74) is 3.34. The first-order valence-electron chi connectivity index (χ1n) is 11.5. The van der Waals surface area contributed by atoms with Crippen LogP contribution >= 0.6 is 0 Å². The number of aromatic nitrogens is 1. The molecule has 0 bridgehead atoms. The van der Waals surface area contributed by atoms with E-state index in [9.17, 15) is 14.4 Å². The Bertz CT molecular complexity index is 1280. The number of nitrogens with zero attached hydrogens (tertiary/aromatic N) is 1. The van der Waals surface area contributed by atoms with Crippen LogP contribution in [0.5, 0.6) is 0 Å². The van der Waals surface area contributed by atoms with Gasteiger partial charge in [0.2, 0.25) is 11.6 Å². The molecule has 0 unspecified atom stereocenters. The van der Waals surface area contributed by atoms with Crippen LogP contribution in [0.15, 0.2) is 85.1 Å². The molecule has 0 atom stereocenters. The Morgan fingerprint density at radius 2 is 1.39 bits per heavy atom. The van der Waals surface area contributed by atoms with Crippen molar-refractivity contribution >= 4 is 28.3 Å². The van der Waals surface area contributed by atoms with E-state index in [0.29, 0.717) is 16.7 Å². The van der Waals surface area contributed by atoms with E-state index < -0.39 is 5.78 Å². The third-order valence-corrected chi connectivity index (χ3v) is 5.91. The Labute approximate surface area is 193 Å². The topological polar surface area (TPSA) is 56.1 Å². The molecule has 0 aliphatic rings. The minimum absolute atomic E-state index is 0.0379. The number of rotatable bonds is 10. The maximum absolute atomic E-state index is 13.0. The van der Waals surface area contributed by atoms with E-state index >= 15 is 0 Å². The van der Waals surface area contributed by atoms with Gasteiger partial charge in [-0.05, 0) is 36.8 Å². The van der Waals surface area contributed by atoms with E-state index in [1.807, 2.05) is 59.2 Å². The summed E-state index contributed by atoms with van der Waals surface area (Å²) in [6.07, 6.45) is 5.90. The van der Waals surface area contributed by atoms with Crippen LogP contribution in [-0.4, -0.2) is 21.9 Å². The number of unbranched alkanes of at least 4 members (excludes halogenated alkanes) is 3. The van der Waals surface area contributed by atoms with Crippen LogP contribution in [0.1, 0.15) is 65.3 Å². The lowest BCUT2D eigenvalue weighted by Crippen LogP contribution is -2.13. The summed E-state index contributed by atoms with van der Waals surface area (Å²) in [7, 11) is 0. The predicted molar refractivity (Wildman–Crippen MR) is 131 cm³/mol. The number of fused-ring (bicyclic) bond motifs is 1. The van der Waals surface area contributed by atoms with Crippen LogP contribution in [-0.2, 0) is 4.79 Å². The van der Waals surface area contributed by atoms with Crippen LogP contribution in [0.2, 0.25) is 0 Å². The molecular weight excluding hydrogens is 410 g/mol. The molecule has 0 saturated carbocycles. The number of hydrogen-bond acceptors (Lipinski definition) is 3. The van der Waals surface area contributed by atoms with Gasteiger partial charge in [-0.25, -0.2) is 0 Å². The summed E-state index contributed by atoms with van der Waals surface area (Å²) in [6, 6.07) is 24.1. The zero-order valence-electron chi connectivity index (χ0n) is 18.8. The third kappa shape index (κ3) is 4.85. The molecule has 0 amide bonds. The molecule has 4 rings (SSSR count). The van der Waals surface area contributed by atoms with Crippen molar-refractivity contribution in [1.29, 1.82) is 0 Å². The first-order valence-corrected chi connectivity index (χ1v) is 11.5. The molecule has 4 nitrogen and oxygen atoms in total. The molecule has 0 radical (unpaired) electrons. The third-order valence-electron chi connectivity index (χ3n) is 5.91. The van der Waals surface area contributed by atoms with Crippen molar-refractivity contribution in [1.82, 2.24) is 4.57 Å². The predicted octanol–water partition coefficient (Wildman–Crippen LogP) is 6.58. The molecule has 4 aromatic rings. The molecule has 1 heterocycles. The first-order chi connectivity index (χ1) is 16.1. The van der Waals surface area contributed by atoms with Gasteiger partial charge < -0.3 is 4.57 Å². The number of carbonyl (C=O) groups excluding carboxylic acids is 3. The van der Waals surface area contributed by atoms with Crippen molar-refractivity contribution < 1.29 is 14.4 Å². The molecule has 0 fully saturated rings. The van der Waals surface area contributed by atoms with Crippen LogP contribution < -0.4 is 0 Å². The molecule has 0 spiro atoms. The highest BCUT2D eigenvalue weighted by molar-refractivity contribution is 6.45. The fourth-order valence-electron chi connectivity index (χ4n) is 4.08. The normalized spacial score (nSPS) is 10.9. The molecule has 1 aromatic heterocycles. The number of carbonyl (C=O) groups is 3. The van der Waals surface area contributed by atoms with Gasteiger partial charge in [0.05, 0.1) is 11.1 Å². The van der Waals surface area contributed by atoms with Crippen LogP contribution in [0, 0.1) is 0 Å². The van der Waals surface area contributed by atoms with Crippen LogP contribution in [0.25, 0.3) is 16.6 Å². The van der Waals surface area contributed by atoms with Crippen molar-refractivity contribution in [3.05, 3.63) is 102 Å². The second kappa shape index (κ2) is 10.2. The molecule has 0 saturated heterocycles. The molecule has 166 valence electrons. The van der Waals surface area contributed by atoms with Crippen molar-refractivity contribution in [2.24, 2.45) is 0 Å². The molecular formula is C29H27NO3. The van der Waals surface area contributed by atoms with Crippen molar-refractivity contribution in [3.8, 4) is 5.69 Å². The lowest BCUT2D eigenvalue weighted by atomic mass is 10.0. The Morgan fingerprint density at radius 3 is 2.12 bits per heavy atom. The smallest absolute Gasteiger partial charge is 0.230 e. The average molecular weight is 438 g/mol. The summed E-state index contributed by atoms with van der Waals surface area (Å²) in [5.74, 6) is -0.806. The summed E-state index contributed by atoms with van der Waals surface area (Å²) in [4.78, 5) is 38.2. The number of hydrogen-bond donors (Lipinski definition) is 0. The summed E-state index contributed by atoms with van der Waals surface area (Å²) in [5, 5.41) is 0.758. The van der Waals surface area contributed by atoms with Gasteiger partial charge in [-0.2, -0.15) is 0 Å². The van der Waals surface area contributed by atoms with Gasteiger partial charge in [-0.1, -0.05) is 74.7 Å². The molecule has 4 heteroatoms. The van der Waals surface area contributed by atoms with Crippen LogP contribution in [0.3, 0.4) is 0 Å². The zero-order valence-corrected chi connectivity index (χ0v) is 18.8. The Hall–Kier alpha value is -3.79. The summed E-state index contributed by atoms with van der Waals surface area (Å²) >= 11 is 0. The minimum atomic E-state index is -0.433. The minimum Gasteiger partial charge on any atom is -0.316 e.